The van der Waals surface area contributed by atoms with Crippen molar-refractivity contribution in [3.05, 3.63) is 11.6 Å². The van der Waals surface area contributed by atoms with Crippen LogP contribution in [-0.4, -0.2) is 27.5 Å². The summed E-state index contributed by atoms with van der Waals surface area (Å²) < 4.78 is 40.7. The average Bonchev–Trinajstić information content (AvgIpc) is 2.89. The van der Waals surface area contributed by atoms with Gasteiger partial charge in [-0.1, -0.05) is 12.8 Å². The van der Waals surface area contributed by atoms with E-state index < -0.39 is 12.1 Å². The number of alkyl halides is 3. The molecular weight excluding hydrogens is 281 g/mol. The van der Waals surface area contributed by atoms with Crippen molar-refractivity contribution in [2.45, 2.75) is 57.2 Å². The summed E-state index contributed by atoms with van der Waals surface area (Å²) in [6.07, 6.45) is 0.558. The summed E-state index contributed by atoms with van der Waals surface area (Å²) in [5.74, 6) is 0.635. The average molecular weight is 302 g/mol. The summed E-state index contributed by atoms with van der Waals surface area (Å²) in [6.45, 7) is 0.532. The molecule has 2 N–H and O–H groups in total. The normalized spacial score (nSPS) is 30.2. The lowest BCUT2D eigenvalue weighted by atomic mass is 9.78. The fourth-order valence-corrected chi connectivity index (χ4v) is 3.72. The first kappa shape index (κ1) is 14.8. The van der Waals surface area contributed by atoms with Gasteiger partial charge in [0, 0.05) is 18.9 Å². The molecule has 1 aliphatic carbocycles. The van der Waals surface area contributed by atoms with Crippen molar-refractivity contribution in [1.82, 2.24) is 14.8 Å². The quantitative estimate of drug-likeness (QED) is 0.913. The maximum Gasteiger partial charge on any atom is 0.393 e. The molecule has 3 atom stereocenters. The molecule has 0 radical (unpaired) electrons. The minimum absolute atomic E-state index is 0.0328. The molecule has 1 fully saturated rings. The van der Waals surface area contributed by atoms with E-state index in [0.29, 0.717) is 24.7 Å². The third kappa shape index (κ3) is 2.80. The fraction of sp³-hybridized carbons (Fsp3) is 0.857. The second-order valence-electron chi connectivity index (χ2n) is 6.25. The Morgan fingerprint density at radius 1 is 1.14 bits per heavy atom. The van der Waals surface area contributed by atoms with E-state index in [1.165, 1.54) is 0 Å². The van der Waals surface area contributed by atoms with E-state index in [0.717, 1.165) is 31.5 Å². The first-order valence-corrected chi connectivity index (χ1v) is 7.69. The zero-order valence-electron chi connectivity index (χ0n) is 11.9. The molecule has 0 amide bonds. The van der Waals surface area contributed by atoms with Gasteiger partial charge < -0.3 is 10.3 Å². The second kappa shape index (κ2) is 5.59. The highest BCUT2D eigenvalue weighted by Gasteiger charge is 2.43. The van der Waals surface area contributed by atoms with Gasteiger partial charge in [-0.05, 0) is 31.7 Å². The van der Waals surface area contributed by atoms with E-state index in [2.05, 4.69) is 10.2 Å². The van der Waals surface area contributed by atoms with Crippen LogP contribution in [0.4, 0.5) is 13.2 Å². The molecule has 1 aromatic rings. The number of hydrogen-bond acceptors (Lipinski definition) is 3. The van der Waals surface area contributed by atoms with Crippen LogP contribution in [0.1, 0.15) is 49.7 Å². The summed E-state index contributed by atoms with van der Waals surface area (Å²) in [5.41, 5.74) is 5.83. The van der Waals surface area contributed by atoms with Crippen LogP contribution in [0.15, 0.2) is 0 Å². The maximum absolute atomic E-state index is 13.0. The summed E-state index contributed by atoms with van der Waals surface area (Å²) >= 11 is 0. The second-order valence-corrected chi connectivity index (χ2v) is 6.25. The third-order valence-corrected chi connectivity index (χ3v) is 4.98. The SMILES string of the molecule is NCC1CCCCC1c1nnc2n1CC(C(F)(F)F)CC2. The Hall–Kier alpha value is -1.11. The highest BCUT2D eigenvalue weighted by atomic mass is 19.4. The zero-order chi connectivity index (χ0) is 15.0. The van der Waals surface area contributed by atoms with Crippen molar-refractivity contribution in [2.75, 3.05) is 6.54 Å². The third-order valence-electron chi connectivity index (χ3n) is 4.98. The van der Waals surface area contributed by atoms with Gasteiger partial charge in [0.05, 0.1) is 5.92 Å². The molecule has 0 spiro atoms. The van der Waals surface area contributed by atoms with E-state index in [9.17, 15) is 13.2 Å². The molecule has 7 heteroatoms. The van der Waals surface area contributed by atoms with Crippen LogP contribution in [0.5, 0.6) is 0 Å². The van der Waals surface area contributed by atoms with E-state index in [4.69, 9.17) is 5.73 Å². The van der Waals surface area contributed by atoms with Crippen molar-refractivity contribution in [3.63, 3.8) is 0 Å². The first-order valence-electron chi connectivity index (χ1n) is 7.69. The van der Waals surface area contributed by atoms with E-state index >= 15 is 0 Å². The maximum atomic E-state index is 13.0. The number of hydrogen-bond donors (Lipinski definition) is 1. The summed E-state index contributed by atoms with van der Waals surface area (Å²) in [7, 11) is 0. The number of rotatable bonds is 2. The van der Waals surface area contributed by atoms with Crippen molar-refractivity contribution in [2.24, 2.45) is 17.6 Å². The van der Waals surface area contributed by atoms with Gasteiger partial charge in [-0.15, -0.1) is 10.2 Å². The van der Waals surface area contributed by atoms with Crippen LogP contribution < -0.4 is 5.73 Å². The lowest BCUT2D eigenvalue weighted by Gasteiger charge is -2.32. The predicted molar refractivity (Wildman–Crippen MR) is 71.6 cm³/mol. The van der Waals surface area contributed by atoms with Crippen molar-refractivity contribution >= 4 is 0 Å². The Labute approximate surface area is 121 Å². The van der Waals surface area contributed by atoms with Gasteiger partial charge in [-0.3, -0.25) is 0 Å². The number of aryl methyl sites for hydroxylation is 1. The van der Waals surface area contributed by atoms with E-state index in [-0.39, 0.29) is 18.9 Å². The van der Waals surface area contributed by atoms with Gasteiger partial charge in [0.1, 0.15) is 11.6 Å². The molecule has 3 unspecified atom stereocenters. The first-order chi connectivity index (χ1) is 10.0. The van der Waals surface area contributed by atoms with Gasteiger partial charge in [0.2, 0.25) is 0 Å². The molecule has 2 heterocycles. The molecule has 0 aromatic carbocycles. The Morgan fingerprint density at radius 2 is 1.90 bits per heavy atom. The molecule has 1 aromatic heterocycles. The van der Waals surface area contributed by atoms with E-state index in [1.807, 2.05) is 0 Å². The molecule has 21 heavy (non-hydrogen) atoms. The molecule has 118 valence electrons. The molecule has 3 rings (SSSR count). The van der Waals surface area contributed by atoms with Gasteiger partial charge >= 0.3 is 6.18 Å². The van der Waals surface area contributed by atoms with Crippen molar-refractivity contribution in [1.29, 1.82) is 0 Å². The molecule has 0 saturated heterocycles. The number of halogens is 3. The largest absolute Gasteiger partial charge is 0.393 e. The van der Waals surface area contributed by atoms with Crippen LogP contribution in [-0.2, 0) is 13.0 Å². The van der Waals surface area contributed by atoms with Gasteiger partial charge in [-0.25, -0.2) is 0 Å². The minimum atomic E-state index is -4.14. The van der Waals surface area contributed by atoms with Crippen molar-refractivity contribution < 1.29 is 13.2 Å². The Morgan fingerprint density at radius 3 is 2.62 bits per heavy atom. The highest BCUT2D eigenvalue weighted by molar-refractivity contribution is 5.08. The van der Waals surface area contributed by atoms with Crippen LogP contribution in [0.3, 0.4) is 0 Å². The van der Waals surface area contributed by atoms with Crippen molar-refractivity contribution in [3.8, 4) is 0 Å². The minimum Gasteiger partial charge on any atom is -0.330 e. The number of nitrogens with zero attached hydrogens (tertiary/aromatic N) is 3. The Bertz CT molecular complexity index is 497. The smallest absolute Gasteiger partial charge is 0.330 e. The Kier molecular flexibility index (Phi) is 3.94. The Balaban J connectivity index is 1.87. The molecule has 1 aliphatic heterocycles. The van der Waals surface area contributed by atoms with Crippen LogP contribution in [0.25, 0.3) is 0 Å². The van der Waals surface area contributed by atoms with Gasteiger partial charge in [0.25, 0.3) is 0 Å². The fourth-order valence-electron chi connectivity index (χ4n) is 3.72. The molecule has 2 aliphatic rings. The van der Waals surface area contributed by atoms with Crippen LogP contribution in [0.2, 0.25) is 0 Å². The standard InChI is InChI=1S/C14H21F3N4/c15-14(16,17)10-5-6-12-19-20-13(21(12)8-10)11-4-2-1-3-9(11)7-18/h9-11H,1-8,18H2. The zero-order valence-corrected chi connectivity index (χ0v) is 11.9. The summed E-state index contributed by atoms with van der Waals surface area (Å²) in [6, 6.07) is 0. The summed E-state index contributed by atoms with van der Waals surface area (Å²) in [4.78, 5) is 0. The predicted octanol–water partition coefficient (Wildman–Crippen LogP) is 2.64. The van der Waals surface area contributed by atoms with Gasteiger partial charge in [0.15, 0.2) is 0 Å². The summed E-state index contributed by atoms with van der Waals surface area (Å²) in [5, 5.41) is 8.35. The number of nitrogens with two attached hydrogens (primary N) is 1. The molecular formula is C14H21F3N4. The topological polar surface area (TPSA) is 56.7 Å². The van der Waals surface area contributed by atoms with Crippen LogP contribution >= 0.6 is 0 Å². The lowest BCUT2D eigenvalue weighted by Crippen LogP contribution is -2.34. The highest BCUT2D eigenvalue weighted by Crippen LogP contribution is 2.39. The number of fused-ring (bicyclic) bond motifs is 1. The number of aromatic nitrogens is 3. The van der Waals surface area contributed by atoms with Crippen LogP contribution in [0, 0.1) is 11.8 Å². The monoisotopic (exact) mass is 302 g/mol. The lowest BCUT2D eigenvalue weighted by molar-refractivity contribution is -0.182. The molecule has 0 bridgehead atoms. The van der Waals surface area contributed by atoms with Gasteiger partial charge in [-0.2, -0.15) is 13.2 Å². The molecule has 1 saturated carbocycles. The van der Waals surface area contributed by atoms with E-state index in [1.54, 1.807) is 4.57 Å². The molecule has 4 nitrogen and oxygen atoms in total.